The number of halogens is 1. The molecule has 0 aromatic heterocycles. The SMILES string of the molecule is CCCCCCCCCCCCCCCCCCNC(=O)N1CCCCC1CCON(C=O)CCCN1CCOCC1.Cl. The number of hydrogen-bond acceptors (Lipinski definition) is 5. The number of urea groups is 1. The van der Waals surface area contributed by atoms with Crippen LogP contribution in [0.1, 0.15) is 142 Å². The van der Waals surface area contributed by atoms with Crippen molar-refractivity contribution in [2.24, 2.45) is 0 Å². The summed E-state index contributed by atoms with van der Waals surface area (Å²) in [6.45, 7) is 9.36. The standard InChI is InChI=1S/C34H66N4O4.ClH/c1-2-3-4-5-6-7-8-9-10-11-12-13-14-15-16-18-23-35-34(40)38-26-19-17-21-33(38)22-29-42-37(32-39)25-20-24-36-27-30-41-31-28-36;/h32-33H,2-31H2,1H3,(H,35,40);1H. The van der Waals surface area contributed by atoms with Gasteiger partial charge in [0.25, 0.3) is 0 Å². The molecule has 2 aliphatic rings. The van der Waals surface area contributed by atoms with Crippen LogP contribution in [-0.4, -0.2) is 92.4 Å². The molecule has 1 N–H and O–H groups in total. The number of carbonyl (C=O) groups is 2. The molecule has 0 aromatic rings. The quantitative estimate of drug-likeness (QED) is 0.0601. The van der Waals surface area contributed by atoms with Gasteiger partial charge >= 0.3 is 6.03 Å². The van der Waals surface area contributed by atoms with Crippen molar-refractivity contribution in [1.82, 2.24) is 20.2 Å². The van der Waals surface area contributed by atoms with Gasteiger partial charge in [-0.2, -0.15) is 0 Å². The van der Waals surface area contributed by atoms with Gasteiger partial charge in [-0.25, -0.2) is 9.86 Å². The minimum absolute atomic E-state index is 0. The summed E-state index contributed by atoms with van der Waals surface area (Å²) >= 11 is 0. The van der Waals surface area contributed by atoms with E-state index in [4.69, 9.17) is 9.57 Å². The van der Waals surface area contributed by atoms with Crippen molar-refractivity contribution in [2.45, 2.75) is 148 Å². The maximum Gasteiger partial charge on any atom is 0.317 e. The average Bonchev–Trinajstić information content (AvgIpc) is 3.02. The molecular weight excluding hydrogens is 564 g/mol. The van der Waals surface area contributed by atoms with Crippen LogP contribution in [0.15, 0.2) is 0 Å². The van der Waals surface area contributed by atoms with Gasteiger partial charge in [0.15, 0.2) is 0 Å². The van der Waals surface area contributed by atoms with Crippen molar-refractivity contribution >= 4 is 24.8 Å². The number of rotatable bonds is 26. The average molecular weight is 631 g/mol. The highest BCUT2D eigenvalue weighted by Crippen LogP contribution is 2.20. The third kappa shape index (κ3) is 20.5. The summed E-state index contributed by atoms with van der Waals surface area (Å²) in [7, 11) is 0. The molecule has 2 rings (SSSR count). The molecule has 2 aliphatic heterocycles. The van der Waals surface area contributed by atoms with Crippen molar-refractivity contribution in [3.8, 4) is 0 Å². The Morgan fingerprint density at radius 1 is 0.837 bits per heavy atom. The number of morpholine rings is 1. The summed E-state index contributed by atoms with van der Waals surface area (Å²) in [6.07, 6.45) is 27.4. The van der Waals surface area contributed by atoms with Gasteiger partial charge in [-0.3, -0.25) is 14.5 Å². The van der Waals surface area contributed by atoms with Gasteiger partial charge in [-0.15, -0.1) is 12.4 Å². The van der Waals surface area contributed by atoms with Gasteiger partial charge in [0.05, 0.1) is 19.8 Å². The van der Waals surface area contributed by atoms with Crippen LogP contribution in [0.5, 0.6) is 0 Å². The molecule has 0 spiro atoms. The van der Waals surface area contributed by atoms with Crippen molar-refractivity contribution in [3.63, 3.8) is 0 Å². The number of hydroxylamine groups is 2. The van der Waals surface area contributed by atoms with E-state index >= 15 is 0 Å². The van der Waals surface area contributed by atoms with Gasteiger partial charge in [0, 0.05) is 45.3 Å². The lowest BCUT2D eigenvalue weighted by Gasteiger charge is -2.36. The van der Waals surface area contributed by atoms with Crippen LogP contribution in [0.2, 0.25) is 0 Å². The molecule has 9 heteroatoms. The lowest BCUT2D eigenvalue weighted by atomic mass is 10.00. The Hall–Kier alpha value is -1.09. The van der Waals surface area contributed by atoms with E-state index in [1.54, 1.807) is 0 Å². The summed E-state index contributed by atoms with van der Waals surface area (Å²) in [6, 6.07) is 0.254. The predicted octanol–water partition coefficient (Wildman–Crippen LogP) is 7.74. The van der Waals surface area contributed by atoms with E-state index < -0.39 is 0 Å². The second-order valence-corrected chi connectivity index (χ2v) is 12.6. The Morgan fingerprint density at radius 3 is 2.00 bits per heavy atom. The lowest BCUT2D eigenvalue weighted by molar-refractivity contribution is -0.174. The first-order chi connectivity index (χ1) is 20.7. The smallest absolute Gasteiger partial charge is 0.317 e. The molecule has 254 valence electrons. The molecular formula is C34H67ClN4O4. The number of nitrogens with zero attached hydrogens (tertiary/aromatic N) is 3. The van der Waals surface area contributed by atoms with Gasteiger partial charge in [-0.1, -0.05) is 103 Å². The molecule has 1 atom stereocenters. The van der Waals surface area contributed by atoms with Crippen molar-refractivity contribution < 1.29 is 19.2 Å². The highest BCUT2D eigenvalue weighted by atomic mass is 35.5. The monoisotopic (exact) mass is 630 g/mol. The van der Waals surface area contributed by atoms with Gasteiger partial charge in [0.2, 0.25) is 6.41 Å². The second kappa shape index (κ2) is 28.4. The van der Waals surface area contributed by atoms with E-state index in [1.807, 2.05) is 4.90 Å². The van der Waals surface area contributed by atoms with E-state index in [0.717, 1.165) is 90.9 Å². The Balaban J connectivity index is 0.00000924. The number of nitrogens with one attached hydrogen (secondary N) is 1. The number of unbranched alkanes of at least 4 members (excludes halogenated alkanes) is 15. The maximum atomic E-state index is 12.9. The first-order valence-corrected chi connectivity index (χ1v) is 17.9. The molecule has 2 fully saturated rings. The minimum atomic E-state index is 0. The summed E-state index contributed by atoms with van der Waals surface area (Å²) in [5.41, 5.74) is 0. The Labute approximate surface area is 270 Å². The number of carbonyl (C=O) groups excluding carboxylic acids is 2. The largest absolute Gasteiger partial charge is 0.379 e. The molecule has 43 heavy (non-hydrogen) atoms. The zero-order valence-corrected chi connectivity index (χ0v) is 28.6. The second-order valence-electron chi connectivity index (χ2n) is 12.6. The minimum Gasteiger partial charge on any atom is -0.379 e. The molecule has 0 radical (unpaired) electrons. The van der Waals surface area contributed by atoms with Crippen LogP contribution in [0.4, 0.5) is 4.79 Å². The number of hydrogen-bond donors (Lipinski definition) is 1. The number of likely N-dealkylation sites (tertiary alicyclic amines) is 1. The van der Waals surface area contributed by atoms with E-state index in [1.165, 1.54) is 101 Å². The molecule has 2 saturated heterocycles. The normalized spacial score (nSPS) is 17.4. The summed E-state index contributed by atoms with van der Waals surface area (Å²) in [4.78, 5) is 34.5. The first kappa shape index (κ1) is 39.9. The predicted molar refractivity (Wildman–Crippen MR) is 180 cm³/mol. The fraction of sp³-hybridized carbons (Fsp3) is 0.941. The van der Waals surface area contributed by atoms with Gasteiger partial charge < -0.3 is 15.0 Å². The highest BCUT2D eigenvalue weighted by Gasteiger charge is 2.26. The van der Waals surface area contributed by atoms with Crippen molar-refractivity contribution in [1.29, 1.82) is 0 Å². The van der Waals surface area contributed by atoms with Crippen LogP contribution < -0.4 is 5.32 Å². The number of piperidine rings is 1. The highest BCUT2D eigenvalue weighted by molar-refractivity contribution is 5.85. The zero-order chi connectivity index (χ0) is 29.9. The Morgan fingerprint density at radius 2 is 1.42 bits per heavy atom. The fourth-order valence-corrected chi connectivity index (χ4v) is 6.27. The van der Waals surface area contributed by atoms with Crippen LogP contribution in [0.3, 0.4) is 0 Å². The molecule has 0 bridgehead atoms. The topological polar surface area (TPSA) is 74.4 Å². The molecule has 3 amide bonds. The molecule has 1 unspecified atom stereocenters. The van der Waals surface area contributed by atoms with Crippen molar-refractivity contribution in [3.05, 3.63) is 0 Å². The van der Waals surface area contributed by atoms with Gasteiger partial charge in [0.1, 0.15) is 0 Å². The third-order valence-corrected chi connectivity index (χ3v) is 8.98. The number of amides is 3. The molecule has 2 heterocycles. The van der Waals surface area contributed by atoms with E-state index in [-0.39, 0.29) is 24.5 Å². The number of ether oxygens (including phenoxy) is 1. The van der Waals surface area contributed by atoms with Crippen LogP contribution in [0.25, 0.3) is 0 Å². The fourth-order valence-electron chi connectivity index (χ4n) is 6.27. The molecule has 8 nitrogen and oxygen atoms in total. The lowest BCUT2D eigenvalue weighted by Crippen LogP contribution is -2.49. The Kier molecular flexibility index (Phi) is 26.4. The summed E-state index contributed by atoms with van der Waals surface area (Å²) < 4.78 is 5.39. The van der Waals surface area contributed by atoms with E-state index in [2.05, 4.69) is 17.1 Å². The molecule has 0 aliphatic carbocycles. The molecule has 0 aromatic carbocycles. The maximum absolute atomic E-state index is 12.9. The van der Waals surface area contributed by atoms with E-state index in [0.29, 0.717) is 13.2 Å². The van der Waals surface area contributed by atoms with E-state index in [9.17, 15) is 9.59 Å². The Bertz CT molecular complexity index is 654. The van der Waals surface area contributed by atoms with Crippen LogP contribution in [0, 0.1) is 0 Å². The molecule has 0 saturated carbocycles. The van der Waals surface area contributed by atoms with Crippen LogP contribution in [-0.2, 0) is 14.4 Å². The zero-order valence-electron chi connectivity index (χ0n) is 27.8. The third-order valence-electron chi connectivity index (χ3n) is 8.98. The summed E-state index contributed by atoms with van der Waals surface area (Å²) in [5, 5.41) is 4.59. The van der Waals surface area contributed by atoms with Crippen LogP contribution >= 0.6 is 12.4 Å². The summed E-state index contributed by atoms with van der Waals surface area (Å²) in [5.74, 6) is 0. The van der Waals surface area contributed by atoms with Gasteiger partial charge in [-0.05, 0) is 38.5 Å². The van der Waals surface area contributed by atoms with Crippen molar-refractivity contribution in [2.75, 3.05) is 59.1 Å². The first-order valence-electron chi connectivity index (χ1n) is 17.9.